The quantitative estimate of drug-likeness (QED) is 0.586. The molecule has 6 nitrogen and oxygen atoms in total. The molecule has 4 N–H and O–H groups in total. The number of sulfonamides is 1. The molecule has 0 rings (SSSR count). The van der Waals surface area contributed by atoms with E-state index < -0.39 is 16.1 Å². The van der Waals surface area contributed by atoms with Crippen LogP contribution >= 0.6 is 12.4 Å². The number of hydrogen-bond donors (Lipinski definition) is 3. The van der Waals surface area contributed by atoms with E-state index in [1.807, 2.05) is 6.92 Å². The van der Waals surface area contributed by atoms with Crippen LogP contribution in [0.3, 0.4) is 0 Å². The van der Waals surface area contributed by atoms with Gasteiger partial charge in [-0.3, -0.25) is 4.79 Å². The molecule has 0 aliphatic rings. The number of amides is 1. The van der Waals surface area contributed by atoms with Gasteiger partial charge in [0.1, 0.15) is 0 Å². The molecule has 0 aromatic heterocycles. The highest BCUT2D eigenvalue weighted by molar-refractivity contribution is 7.89. The smallest absolute Gasteiger partial charge is 0.236 e. The van der Waals surface area contributed by atoms with Gasteiger partial charge in [-0.1, -0.05) is 13.3 Å². The Kier molecular flexibility index (Phi) is 10.6. The maximum absolute atomic E-state index is 11.4. The molecular weight excluding hydrogens is 278 g/mol. The average Bonchev–Trinajstić information content (AvgIpc) is 2.15. The lowest BCUT2D eigenvalue weighted by Crippen LogP contribution is -2.43. The Morgan fingerprint density at radius 3 is 2.33 bits per heavy atom. The summed E-state index contributed by atoms with van der Waals surface area (Å²) >= 11 is 0. The average molecular weight is 302 g/mol. The minimum absolute atomic E-state index is 0. The highest BCUT2D eigenvalue weighted by Gasteiger charge is 2.15. The molecular formula is C10H24ClN3O3S. The van der Waals surface area contributed by atoms with Gasteiger partial charge in [-0.05, 0) is 20.3 Å². The van der Waals surface area contributed by atoms with E-state index in [0.29, 0.717) is 6.42 Å². The fraction of sp³-hybridized carbons (Fsp3) is 0.900. The summed E-state index contributed by atoms with van der Waals surface area (Å²) < 4.78 is 25.3. The molecule has 0 aromatic rings. The van der Waals surface area contributed by atoms with E-state index in [-0.39, 0.29) is 36.7 Å². The second-order valence-corrected chi connectivity index (χ2v) is 6.15. The molecule has 0 aliphatic heterocycles. The van der Waals surface area contributed by atoms with Crippen LogP contribution in [0.5, 0.6) is 0 Å². The Bertz CT molecular complexity index is 333. The van der Waals surface area contributed by atoms with Gasteiger partial charge in [0.15, 0.2) is 0 Å². The lowest BCUT2D eigenvalue weighted by molar-refractivity contribution is -0.122. The molecule has 1 unspecified atom stereocenters. The Hall–Kier alpha value is -0.370. The zero-order valence-corrected chi connectivity index (χ0v) is 12.7. The molecule has 0 heterocycles. The van der Waals surface area contributed by atoms with E-state index in [0.717, 1.165) is 6.42 Å². The normalized spacial score (nSPS) is 12.9. The van der Waals surface area contributed by atoms with Crippen molar-refractivity contribution in [2.24, 2.45) is 5.73 Å². The van der Waals surface area contributed by atoms with Crippen molar-refractivity contribution in [3.05, 3.63) is 0 Å². The van der Waals surface area contributed by atoms with Crippen molar-refractivity contribution in [2.45, 2.75) is 45.7 Å². The summed E-state index contributed by atoms with van der Waals surface area (Å²) in [4.78, 5) is 11.4. The van der Waals surface area contributed by atoms with Crippen molar-refractivity contribution in [3.8, 4) is 0 Å². The zero-order chi connectivity index (χ0) is 13.5. The Labute approximate surface area is 116 Å². The summed E-state index contributed by atoms with van der Waals surface area (Å²) in [5, 5.41) is 2.51. The summed E-state index contributed by atoms with van der Waals surface area (Å²) in [6.45, 7) is 5.50. The molecule has 1 atom stereocenters. The summed E-state index contributed by atoms with van der Waals surface area (Å²) in [6, 6.07) is -0.696. The Morgan fingerprint density at radius 2 is 1.89 bits per heavy atom. The van der Waals surface area contributed by atoms with Crippen LogP contribution in [0, 0.1) is 0 Å². The van der Waals surface area contributed by atoms with E-state index in [4.69, 9.17) is 5.73 Å². The van der Waals surface area contributed by atoms with Gasteiger partial charge >= 0.3 is 0 Å². The van der Waals surface area contributed by atoms with Crippen LogP contribution in [0.1, 0.15) is 33.6 Å². The molecule has 0 aliphatic carbocycles. The second-order valence-electron chi connectivity index (χ2n) is 4.28. The molecule has 0 radical (unpaired) electrons. The summed E-state index contributed by atoms with van der Waals surface area (Å²) in [6.07, 6.45) is 1.42. The molecule has 110 valence electrons. The van der Waals surface area contributed by atoms with Crippen molar-refractivity contribution in [1.82, 2.24) is 10.0 Å². The molecule has 1 amide bonds. The molecule has 0 saturated carbocycles. The fourth-order valence-electron chi connectivity index (χ4n) is 1.30. The third kappa shape index (κ3) is 9.64. The maximum atomic E-state index is 11.4. The highest BCUT2D eigenvalue weighted by atomic mass is 35.5. The van der Waals surface area contributed by atoms with Crippen molar-refractivity contribution in [1.29, 1.82) is 0 Å². The standard InChI is InChI=1S/C10H23N3O3S.ClH/c1-4-5-9(11)10(14)12-6-7-17(15,16)13-8(2)3;/h8-9,13H,4-7,11H2,1-3H3,(H,12,14);1H. The van der Waals surface area contributed by atoms with Gasteiger partial charge in [0.2, 0.25) is 15.9 Å². The number of rotatable bonds is 8. The van der Waals surface area contributed by atoms with Gasteiger partial charge in [0, 0.05) is 12.6 Å². The van der Waals surface area contributed by atoms with Crippen molar-refractivity contribution in [2.75, 3.05) is 12.3 Å². The van der Waals surface area contributed by atoms with Crippen LogP contribution in [0.4, 0.5) is 0 Å². The van der Waals surface area contributed by atoms with E-state index >= 15 is 0 Å². The second kappa shape index (κ2) is 9.55. The third-order valence-corrected chi connectivity index (χ3v) is 3.59. The number of halogens is 1. The summed E-state index contributed by atoms with van der Waals surface area (Å²) in [5.41, 5.74) is 5.58. The lowest BCUT2D eigenvalue weighted by atomic mass is 10.2. The topological polar surface area (TPSA) is 101 Å². The van der Waals surface area contributed by atoms with Crippen molar-refractivity contribution < 1.29 is 13.2 Å². The number of nitrogens with two attached hydrogens (primary N) is 1. The van der Waals surface area contributed by atoms with Gasteiger partial charge in [0.05, 0.1) is 11.8 Å². The predicted octanol–water partition coefficient (Wildman–Crippen LogP) is -0.0204. The van der Waals surface area contributed by atoms with E-state index in [1.165, 1.54) is 0 Å². The molecule has 0 saturated heterocycles. The van der Waals surface area contributed by atoms with E-state index in [9.17, 15) is 13.2 Å². The first kappa shape index (κ1) is 20.0. The van der Waals surface area contributed by atoms with Crippen LogP contribution in [0.2, 0.25) is 0 Å². The fourth-order valence-corrected chi connectivity index (χ4v) is 2.51. The molecule has 18 heavy (non-hydrogen) atoms. The largest absolute Gasteiger partial charge is 0.354 e. The molecule has 0 bridgehead atoms. The van der Waals surface area contributed by atoms with Gasteiger partial charge in [-0.2, -0.15) is 0 Å². The van der Waals surface area contributed by atoms with Crippen LogP contribution < -0.4 is 15.8 Å². The SMILES string of the molecule is CCCC(N)C(=O)NCCS(=O)(=O)NC(C)C.Cl. The Balaban J connectivity index is 0. The van der Waals surface area contributed by atoms with Crippen LogP contribution in [-0.4, -0.2) is 38.7 Å². The first-order chi connectivity index (χ1) is 7.78. The van der Waals surface area contributed by atoms with Crippen LogP contribution in [0.25, 0.3) is 0 Å². The van der Waals surface area contributed by atoms with Crippen molar-refractivity contribution in [3.63, 3.8) is 0 Å². The molecule has 0 spiro atoms. The highest BCUT2D eigenvalue weighted by Crippen LogP contribution is 1.93. The van der Waals surface area contributed by atoms with Crippen LogP contribution in [0.15, 0.2) is 0 Å². The van der Waals surface area contributed by atoms with Crippen molar-refractivity contribution >= 4 is 28.3 Å². The monoisotopic (exact) mass is 301 g/mol. The third-order valence-electron chi connectivity index (χ3n) is 2.02. The van der Waals surface area contributed by atoms with Gasteiger partial charge < -0.3 is 11.1 Å². The van der Waals surface area contributed by atoms with E-state index in [2.05, 4.69) is 10.0 Å². The predicted molar refractivity (Wildman–Crippen MR) is 75.2 cm³/mol. The summed E-state index contributed by atoms with van der Waals surface area (Å²) in [7, 11) is -3.32. The minimum atomic E-state index is -3.32. The number of carbonyl (C=O) groups is 1. The molecule has 0 aromatic carbocycles. The first-order valence-corrected chi connectivity index (χ1v) is 7.47. The van der Waals surface area contributed by atoms with Crippen LogP contribution in [-0.2, 0) is 14.8 Å². The zero-order valence-electron chi connectivity index (χ0n) is 11.1. The Morgan fingerprint density at radius 1 is 1.33 bits per heavy atom. The van der Waals surface area contributed by atoms with Gasteiger partial charge in [0.25, 0.3) is 0 Å². The minimum Gasteiger partial charge on any atom is -0.354 e. The van der Waals surface area contributed by atoms with E-state index in [1.54, 1.807) is 13.8 Å². The number of carbonyl (C=O) groups excluding carboxylic acids is 1. The summed E-state index contributed by atoms with van der Waals surface area (Å²) in [5.74, 6) is -0.429. The number of nitrogens with one attached hydrogen (secondary N) is 2. The maximum Gasteiger partial charge on any atom is 0.236 e. The first-order valence-electron chi connectivity index (χ1n) is 5.81. The molecule has 0 fully saturated rings. The van der Waals surface area contributed by atoms with Gasteiger partial charge in [-0.25, -0.2) is 13.1 Å². The number of hydrogen-bond acceptors (Lipinski definition) is 4. The van der Waals surface area contributed by atoms with Gasteiger partial charge in [-0.15, -0.1) is 12.4 Å². The lowest BCUT2D eigenvalue weighted by Gasteiger charge is -2.12. The molecule has 8 heteroatoms.